The number of aromatic hydroxyl groups is 2. The maximum absolute atomic E-state index is 9.76. The number of hydrogen-bond donors (Lipinski definition) is 2. The molecule has 172 valence electrons. The van der Waals surface area contributed by atoms with Crippen LogP contribution in [0.5, 0.6) is 17.2 Å². The van der Waals surface area contributed by atoms with Gasteiger partial charge in [-0.1, -0.05) is 48.5 Å². The van der Waals surface area contributed by atoms with E-state index in [0.717, 1.165) is 42.8 Å². The zero-order valence-corrected chi connectivity index (χ0v) is 19.1. The van der Waals surface area contributed by atoms with Crippen molar-refractivity contribution in [2.45, 2.75) is 31.9 Å². The van der Waals surface area contributed by atoms with Gasteiger partial charge in [-0.05, 0) is 90.0 Å². The molecule has 4 nitrogen and oxygen atoms in total. The first-order chi connectivity index (χ1) is 16.7. The molecule has 0 bridgehead atoms. The lowest BCUT2D eigenvalue weighted by atomic mass is 9.88. The number of ether oxygens (including phenoxy) is 1. The number of hydrogen-bond acceptors (Lipinski definition) is 4. The summed E-state index contributed by atoms with van der Waals surface area (Å²) in [6, 6.07) is 31.9. The Morgan fingerprint density at radius 2 is 1.47 bits per heavy atom. The lowest BCUT2D eigenvalue weighted by Gasteiger charge is -2.39. The van der Waals surface area contributed by atoms with Crippen LogP contribution < -0.4 is 9.64 Å². The van der Waals surface area contributed by atoms with Crippen LogP contribution in [0.3, 0.4) is 0 Å². The second-order valence-electron chi connectivity index (χ2n) is 8.82. The number of anilines is 1. The van der Waals surface area contributed by atoms with Crippen molar-refractivity contribution in [1.82, 2.24) is 0 Å². The van der Waals surface area contributed by atoms with E-state index in [-0.39, 0.29) is 11.8 Å². The highest BCUT2D eigenvalue weighted by Gasteiger charge is 2.28. The van der Waals surface area contributed by atoms with Crippen LogP contribution in [0.15, 0.2) is 97.1 Å². The quantitative estimate of drug-likeness (QED) is 0.341. The van der Waals surface area contributed by atoms with Crippen LogP contribution in [0.4, 0.5) is 5.69 Å². The Hall–Kier alpha value is -3.92. The normalized spacial score (nSPS) is 15.1. The number of rotatable bonds is 7. The molecular weight excluding hydrogens is 422 g/mol. The van der Waals surface area contributed by atoms with Crippen molar-refractivity contribution in [3.8, 4) is 17.2 Å². The summed E-state index contributed by atoms with van der Waals surface area (Å²) in [4.78, 5) is 2.44. The van der Waals surface area contributed by atoms with E-state index in [1.165, 1.54) is 16.7 Å². The topological polar surface area (TPSA) is 52.9 Å². The van der Waals surface area contributed by atoms with Gasteiger partial charge in [-0.25, -0.2) is 0 Å². The molecule has 1 unspecified atom stereocenters. The van der Waals surface area contributed by atoms with E-state index in [2.05, 4.69) is 35.2 Å². The molecule has 0 radical (unpaired) electrons. The average Bonchev–Trinajstić information content (AvgIpc) is 2.88. The lowest BCUT2D eigenvalue weighted by molar-refractivity contribution is 0.305. The van der Waals surface area contributed by atoms with Crippen molar-refractivity contribution in [1.29, 1.82) is 0 Å². The summed E-state index contributed by atoms with van der Waals surface area (Å²) >= 11 is 0. The van der Waals surface area contributed by atoms with Gasteiger partial charge in [0.1, 0.15) is 23.9 Å². The fraction of sp³-hybridized carbons (Fsp3) is 0.200. The van der Waals surface area contributed by atoms with Gasteiger partial charge in [-0.2, -0.15) is 0 Å². The smallest absolute Gasteiger partial charge is 0.120 e. The first-order valence-electron chi connectivity index (χ1n) is 11.8. The molecule has 0 spiro atoms. The van der Waals surface area contributed by atoms with Gasteiger partial charge in [0.25, 0.3) is 0 Å². The van der Waals surface area contributed by atoms with Crippen molar-refractivity contribution < 1.29 is 14.9 Å². The molecule has 0 fully saturated rings. The molecule has 0 saturated heterocycles. The molecule has 4 heteroatoms. The Morgan fingerprint density at radius 1 is 0.765 bits per heavy atom. The first kappa shape index (κ1) is 21.9. The highest BCUT2D eigenvalue weighted by atomic mass is 16.5. The number of aryl methyl sites for hydroxylation is 1. The standard InChI is InChI=1S/C30H29NO3/c32-26-11-6-22(7-12-26)8-17-30-29-16-15-28(34-21-23-4-2-1-3-5-23)20-24(29)18-19-31(30)25-9-13-27(33)14-10-25/h1-7,9-16,20,30,32-33H,8,17-19,21H2. The first-order valence-corrected chi connectivity index (χ1v) is 11.8. The molecule has 4 aromatic carbocycles. The van der Waals surface area contributed by atoms with Gasteiger partial charge in [-0.15, -0.1) is 0 Å². The third-order valence-corrected chi connectivity index (χ3v) is 6.54. The van der Waals surface area contributed by atoms with E-state index in [1.54, 1.807) is 24.3 Å². The fourth-order valence-corrected chi connectivity index (χ4v) is 4.75. The van der Waals surface area contributed by atoms with Crippen LogP contribution in [0.25, 0.3) is 0 Å². The van der Waals surface area contributed by atoms with Crippen LogP contribution in [0.1, 0.15) is 34.7 Å². The van der Waals surface area contributed by atoms with Gasteiger partial charge in [0.15, 0.2) is 0 Å². The molecular formula is C30H29NO3. The van der Waals surface area contributed by atoms with Crippen molar-refractivity contribution in [2.24, 2.45) is 0 Å². The zero-order chi connectivity index (χ0) is 23.3. The monoisotopic (exact) mass is 451 g/mol. The SMILES string of the molecule is Oc1ccc(CCC2c3ccc(OCc4ccccc4)cc3CCN2c2ccc(O)cc2)cc1. The van der Waals surface area contributed by atoms with E-state index in [9.17, 15) is 10.2 Å². The molecule has 2 N–H and O–H groups in total. The third kappa shape index (κ3) is 5.01. The van der Waals surface area contributed by atoms with Crippen LogP contribution in [-0.4, -0.2) is 16.8 Å². The summed E-state index contributed by atoms with van der Waals surface area (Å²) in [6.45, 7) is 1.46. The van der Waals surface area contributed by atoms with Gasteiger partial charge in [0.2, 0.25) is 0 Å². The second kappa shape index (κ2) is 9.92. The molecule has 1 aliphatic rings. The Balaban J connectivity index is 1.39. The lowest BCUT2D eigenvalue weighted by Crippen LogP contribution is -2.35. The van der Waals surface area contributed by atoms with E-state index in [0.29, 0.717) is 12.4 Å². The zero-order valence-electron chi connectivity index (χ0n) is 19.1. The van der Waals surface area contributed by atoms with Crippen molar-refractivity contribution in [2.75, 3.05) is 11.4 Å². The molecule has 0 saturated carbocycles. The minimum absolute atomic E-state index is 0.213. The Labute approximate surface area is 200 Å². The summed E-state index contributed by atoms with van der Waals surface area (Å²) in [5.41, 5.74) is 6.13. The van der Waals surface area contributed by atoms with Crippen LogP contribution in [0.2, 0.25) is 0 Å². The molecule has 4 aromatic rings. The van der Waals surface area contributed by atoms with Crippen molar-refractivity contribution >= 4 is 5.69 Å². The third-order valence-electron chi connectivity index (χ3n) is 6.54. The van der Waals surface area contributed by atoms with Crippen molar-refractivity contribution in [3.63, 3.8) is 0 Å². The molecule has 5 rings (SSSR count). The van der Waals surface area contributed by atoms with E-state index in [4.69, 9.17) is 4.74 Å². The summed E-state index contributed by atoms with van der Waals surface area (Å²) in [5.74, 6) is 1.47. The number of benzene rings is 4. The number of nitrogens with zero attached hydrogens (tertiary/aromatic N) is 1. The predicted octanol–water partition coefficient (Wildman–Crippen LogP) is 6.41. The van der Waals surface area contributed by atoms with Gasteiger partial charge in [-0.3, -0.25) is 0 Å². The summed E-state index contributed by atoms with van der Waals surface area (Å²) in [5, 5.41) is 19.4. The van der Waals surface area contributed by atoms with E-state index >= 15 is 0 Å². The largest absolute Gasteiger partial charge is 0.508 e. The molecule has 0 amide bonds. The minimum Gasteiger partial charge on any atom is -0.508 e. The molecule has 1 heterocycles. The predicted molar refractivity (Wildman–Crippen MR) is 136 cm³/mol. The van der Waals surface area contributed by atoms with E-state index < -0.39 is 0 Å². The average molecular weight is 452 g/mol. The van der Waals surface area contributed by atoms with Crippen molar-refractivity contribution in [3.05, 3.63) is 119 Å². The number of fused-ring (bicyclic) bond motifs is 1. The highest BCUT2D eigenvalue weighted by molar-refractivity contribution is 5.54. The molecule has 1 aliphatic heterocycles. The van der Waals surface area contributed by atoms with Gasteiger partial charge >= 0.3 is 0 Å². The molecule has 34 heavy (non-hydrogen) atoms. The van der Waals surface area contributed by atoms with Gasteiger partial charge in [0.05, 0.1) is 6.04 Å². The highest BCUT2D eigenvalue weighted by Crippen LogP contribution is 2.38. The minimum atomic E-state index is 0.213. The summed E-state index contributed by atoms with van der Waals surface area (Å²) in [6.07, 6.45) is 2.79. The van der Waals surface area contributed by atoms with E-state index in [1.807, 2.05) is 42.5 Å². The molecule has 1 atom stereocenters. The molecule has 0 aromatic heterocycles. The Bertz CT molecular complexity index is 1220. The van der Waals surface area contributed by atoms with Crippen LogP contribution >= 0.6 is 0 Å². The molecule has 0 aliphatic carbocycles. The fourth-order valence-electron chi connectivity index (χ4n) is 4.75. The van der Waals surface area contributed by atoms with Crippen LogP contribution in [-0.2, 0) is 19.4 Å². The Kier molecular flexibility index (Phi) is 6.39. The van der Waals surface area contributed by atoms with Gasteiger partial charge in [0, 0.05) is 12.2 Å². The number of phenolic OH excluding ortho intramolecular Hbond substituents is 2. The maximum Gasteiger partial charge on any atom is 0.120 e. The van der Waals surface area contributed by atoms with Gasteiger partial charge < -0.3 is 19.8 Å². The Morgan fingerprint density at radius 3 is 2.21 bits per heavy atom. The summed E-state index contributed by atoms with van der Waals surface area (Å²) in [7, 11) is 0. The summed E-state index contributed by atoms with van der Waals surface area (Å²) < 4.78 is 6.09. The maximum atomic E-state index is 9.76. The number of phenols is 2. The second-order valence-corrected chi connectivity index (χ2v) is 8.82. The van der Waals surface area contributed by atoms with Crippen LogP contribution in [0, 0.1) is 0 Å².